The third-order valence-corrected chi connectivity index (χ3v) is 6.45. The van der Waals surface area contributed by atoms with Gasteiger partial charge >= 0.3 is 0 Å². The average Bonchev–Trinajstić information content (AvgIpc) is 3.02. The normalized spacial score (nSPS) is 24.2. The third-order valence-electron chi connectivity index (χ3n) is 6.45. The highest BCUT2D eigenvalue weighted by Crippen LogP contribution is 2.49. The van der Waals surface area contributed by atoms with E-state index in [1.54, 1.807) is 21.3 Å². The molecule has 0 N–H and O–H groups in total. The molecule has 2 aromatic rings. The van der Waals surface area contributed by atoms with E-state index in [1.165, 1.54) is 23.1 Å². The summed E-state index contributed by atoms with van der Waals surface area (Å²) in [5.74, 6) is 3.94. The van der Waals surface area contributed by atoms with E-state index >= 15 is 0 Å². The summed E-state index contributed by atoms with van der Waals surface area (Å²) in [6.07, 6.45) is 3.32. The monoisotopic (exact) mass is 367 g/mol. The number of hydrogen-bond acceptors (Lipinski definition) is 4. The molecule has 2 aromatic carbocycles. The molecule has 4 heteroatoms. The summed E-state index contributed by atoms with van der Waals surface area (Å²) in [7, 11) is 7.46. The van der Waals surface area contributed by atoms with Crippen molar-refractivity contribution in [1.82, 2.24) is 4.90 Å². The molecule has 4 nitrogen and oxygen atoms in total. The lowest BCUT2D eigenvalue weighted by atomic mass is 9.73. The standard InChI is InChI=1S/C23H29NO3/c1-24-14-20-17-10-11-22(26-3)23(27-4)19(17)9-8-18(20)21(24)13-15-6-5-7-16(12-15)25-2/h5-7,10-12,18,20-21H,8-9,13-14H2,1-4H3. The highest BCUT2D eigenvalue weighted by molar-refractivity contribution is 5.53. The molecule has 1 saturated heterocycles. The Balaban J connectivity index is 1.62. The van der Waals surface area contributed by atoms with Gasteiger partial charge in [-0.05, 0) is 61.6 Å². The Morgan fingerprint density at radius 2 is 1.89 bits per heavy atom. The lowest BCUT2D eigenvalue weighted by Gasteiger charge is -2.32. The summed E-state index contributed by atoms with van der Waals surface area (Å²) in [5.41, 5.74) is 4.14. The van der Waals surface area contributed by atoms with Crippen LogP contribution in [0.25, 0.3) is 0 Å². The zero-order chi connectivity index (χ0) is 19.0. The average molecular weight is 367 g/mol. The van der Waals surface area contributed by atoms with Crippen LogP contribution in [0.1, 0.15) is 29.0 Å². The molecular weight excluding hydrogens is 338 g/mol. The highest BCUT2D eigenvalue weighted by Gasteiger charge is 2.44. The van der Waals surface area contributed by atoms with Crippen molar-refractivity contribution >= 4 is 0 Å². The maximum absolute atomic E-state index is 5.71. The predicted molar refractivity (Wildman–Crippen MR) is 107 cm³/mol. The van der Waals surface area contributed by atoms with Gasteiger partial charge in [-0.25, -0.2) is 0 Å². The van der Waals surface area contributed by atoms with Crippen LogP contribution in [0.15, 0.2) is 36.4 Å². The Bertz CT molecular complexity index is 819. The number of methoxy groups -OCH3 is 3. The minimum atomic E-state index is 0.559. The molecule has 0 spiro atoms. The minimum absolute atomic E-state index is 0.559. The predicted octanol–water partition coefficient (Wildman–Crippen LogP) is 3.92. The van der Waals surface area contributed by atoms with Gasteiger partial charge in [-0.2, -0.15) is 0 Å². The van der Waals surface area contributed by atoms with E-state index in [9.17, 15) is 0 Å². The molecule has 1 aliphatic heterocycles. The largest absolute Gasteiger partial charge is 0.497 e. The van der Waals surface area contributed by atoms with Crippen LogP contribution in [0.5, 0.6) is 17.2 Å². The Kier molecular flexibility index (Phi) is 5.00. The number of likely N-dealkylation sites (N-methyl/N-ethyl adjacent to an activating group) is 1. The highest BCUT2D eigenvalue weighted by atomic mass is 16.5. The smallest absolute Gasteiger partial charge is 0.164 e. The van der Waals surface area contributed by atoms with Gasteiger partial charge in [-0.15, -0.1) is 0 Å². The SMILES string of the molecule is COc1cccc(CC2C3CCc4c(ccc(OC)c4OC)C3CN2C)c1. The third kappa shape index (κ3) is 3.16. The van der Waals surface area contributed by atoms with Crippen molar-refractivity contribution in [2.75, 3.05) is 34.9 Å². The van der Waals surface area contributed by atoms with Crippen molar-refractivity contribution in [1.29, 1.82) is 0 Å². The first kappa shape index (κ1) is 18.2. The zero-order valence-electron chi connectivity index (χ0n) is 16.7. The van der Waals surface area contributed by atoms with Gasteiger partial charge in [-0.3, -0.25) is 0 Å². The summed E-state index contributed by atoms with van der Waals surface area (Å²) < 4.78 is 16.6. The van der Waals surface area contributed by atoms with Crippen molar-refractivity contribution in [2.24, 2.45) is 5.92 Å². The van der Waals surface area contributed by atoms with Crippen LogP contribution in [-0.2, 0) is 12.8 Å². The Labute approximate surface area is 162 Å². The number of benzene rings is 2. The van der Waals surface area contributed by atoms with E-state index in [1.807, 2.05) is 6.07 Å². The molecule has 1 fully saturated rings. The molecule has 3 atom stereocenters. The molecule has 1 heterocycles. The van der Waals surface area contributed by atoms with Gasteiger partial charge in [0.2, 0.25) is 0 Å². The van der Waals surface area contributed by atoms with Crippen molar-refractivity contribution in [2.45, 2.75) is 31.2 Å². The van der Waals surface area contributed by atoms with Crippen LogP contribution in [0, 0.1) is 5.92 Å². The van der Waals surface area contributed by atoms with Crippen LogP contribution in [0.2, 0.25) is 0 Å². The van der Waals surface area contributed by atoms with Gasteiger partial charge < -0.3 is 19.1 Å². The number of ether oxygens (including phenoxy) is 3. The fraction of sp³-hybridized carbons (Fsp3) is 0.478. The number of fused-ring (bicyclic) bond motifs is 3. The molecule has 4 rings (SSSR count). The summed E-state index contributed by atoms with van der Waals surface area (Å²) >= 11 is 0. The summed E-state index contributed by atoms with van der Waals surface area (Å²) in [4.78, 5) is 2.54. The molecule has 1 aliphatic carbocycles. The first-order chi connectivity index (χ1) is 13.2. The molecule has 0 radical (unpaired) electrons. The van der Waals surface area contributed by atoms with Gasteiger partial charge in [0.25, 0.3) is 0 Å². The molecule has 3 unspecified atom stereocenters. The van der Waals surface area contributed by atoms with Crippen LogP contribution >= 0.6 is 0 Å². The molecule has 0 saturated carbocycles. The van der Waals surface area contributed by atoms with Crippen LogP contribution in [0.4, 0.5) is 0 Å². The van der Waals surface area contributed by atoms with Gasteiger partial charge in [0.15, 0.2) is 11.5 Å². The van der Waals surface area contributed by atoms with Gasteiger partial charge in [-0.1, -0.05) is 18.2 Å². The van der Waals surface area contributed by atoms with Gasteiger partial charge in [0.1, 0.15) is 5.75 Å². The van der Waals surface area contributed by atoms with E-state index in [-0.39, 0.29) is 0 Å². The molecule has 0 bridgehead atoms. The van der Waals surface area contributed by atoms with E-state index in [2.05, 4.69) is 42.3 Å². The Morgan fingerprint density at radius 1 is 1.04 bits per heavy atom. The molecule has 0 aromatic heterocycles. The summed E-state index contributed by atoms with van der Waals surface area (Å²) in [6.45, 7) is 1.10. The van der Waals surface area contributed by atoms with Crippen molar-refractivity contribution < 1.29 is 14.2 Å². The van der Waals surface area contributed by atoms with Crippen LogP contribution in [0.3, 0.4) is 0 Å². The van der Waals surface area contributed by atoms with Crippen LogP contribution < -0.4 is 14.2 Å². The molecule has 144 valence electrons. The quantitative estimate of drug-likeness (QED) is 0.802. The van der Waals surface area contributed by atoms with Crippen molar-refractivity contribution in [3.8, 4) is 17.2 Å². The number of likely N-dealkylation sites (tertiary alicyclic amines) is 1. The van der Waals surface area contributed by atoms with E-state index in [0.717, 1.165) is 36.6 Å². The molecular formula is C23H29NO3. The first-order valence-electron chi connectivity index (χ1n) is 9.73. The summed E-state index contributed by atoms with van der Waals surface area (Å²) in [5, 5.41) is 0. The van der Waals surface area contributed by atoms with Crippen molar-refractivity contribution in [3.63, 3.8) is 0 Å². The lowest BCUT2D eigenvalue weighted by Crippen LogP contribution is -2.32. The fourth-order valence-corrected chi connectivity index (χ4v) is 5.17. The first-order valence-corrected chi connectivity index (χ1v) is 9.73. The molecule has 2 aliphatic rings. The second-order valence-electron chi connectivity index (χ2n) is 7.74. The maximum atomic E-state index is 5.71. The second kappa shape index (κ2) is 7.43. The van der Waals surface area contributed by atoms with E-state index < -0.39 is 0 Å². The number of hydrogen-bond donors (Lipinski definition) is 0. The van der Waals surface area contributed by atoms with Gasteiger partial charge in [0.05, 0.1) is 21.3 Å². The minimum Gasteiger partial charge on any atom is -0.497 e. The summed E-state index contributed by atoms with van der Waals surface area (Å²) in [6, 6.07) is 13.4. The van der Waals surface area contributed by atoms with Gasteiger partial charge in [0, 0.05) is 24.1 Å². The zero-order valence-corrected chi connectivity index (χ0v) is 16.7. The topological polar surface area (TPSA) is 30.9 Å². The van der Waals surface area contributed by atoms with Crippen molar-refractivity contribution in [3.05, 3.63) is 53.1 Å². The number of nitrogens with zero attached hydrogens (tertiary/aromatic N) is 1. The Morgan fingerprint density at radius 3 is 2.63 bits per heavy atom. The molecule has 27 heavy (non-hydrogen) atoms. The lowest BCUT2D eigenvalue weighted by molar-refractivity contribution is 0.258. The fourth-order valence-electron chi connectivity index (χ4n) is 5.17. The molecule has 0 amide bonds. The Hall–Kier alpha value is -2.20. The van der Waals surface area contributed by atoms with Crippen LogP contribution in [-0.4, -0.2) is 45.9 Å². The number of rotatable bonds is 5. The van der Waals surface area contributed by atoms with E-state index in [4.69, 9.17) is 14.2 Å². The maximum Gasteiger partial charge on any atom is 0.164 e. The second-order valence-corrected chi connectivity index (χ2v) is 7.74. The van der Waals surface area contributed by atoms with E-state index in [0.29, 0.717) is 17.9 Å².